The van der Waals surface area contributed by atoms with E-state index in [1.165, 1.54) is 0 Å². The highest BCUT2D eigenvalue weighted by atomic mass is 79.9. The van der Waals surface area contributed by atoms with Crippen LogP contribution in [0.25, 0.3) is 6.08 Å². The first-order chi connectivity index (χ1) is 11.5. The largest absolute Gasteiger partial charge is 0.488 e. The van der Waals surface area contributed by atoms with Gasteiger partial charge in [-0.3, -0.25) is 10.1 Å². The Morgan fingerprint density at radius 2 is 1.83 bits per heavy atom. The van der Waals surface area contributed by atoms with E-state index in [1.807, 2.05) is 30.3 Å². The van der Waals surface area contributed by atoms with Gasteiger partial charge >= 0.3 is 6.03 Å². The van der Waals surface area contributed by atoms with Crippen molar-refractivity contribution in [3.63, 3.8) is 0 Å². The quantitative estimate of drug-likeness (QED) is 0.597. The van der Waals surface area contributed by atoms with E-state index in [0.717, 1.165) is 15.6 Å². The van der Waals surface area contributed by atoms with Gasteiger partial charge in [0.25, 0.3) is 5.91 Å². The maximum absolute atomic E-state index is 11.5. The second-order valence-corrected chi connectivity index (χ2v) is 6.36. The third-order valence-electron chi connectivity index (χ3n) is 3.29. The summed E-state index contributed by atoms with van der Waals surface area (Å²) < 4.78 is 6.51. The third-order valence-corrected chi connectivity index (χ3v) is 4.17. The van der Waals surface area contributed by atoms with Crippen molar-refractivity contribution in [1.29, 1.82) is 0 Å². The zero-order chi connectivity index (χ0) is 17.1. The van der Waals surface area contributed by atoms with Crippen molar-refractivity contribution in [2.75, 3.05) is 0 Å². The van der Waals surface area contributed by atoms with Gasteiger partial charge < -0.3 is 10.1 Å². The Kier molecular flexibility index (Phi) is 4.87. The number of rotatable bonds is 4. The van der Waals surface area contributed by atoms with Crippen LogP contribution in [-0.2, 0) is 11.4 Å². The van der Waals surface area contributed by atoms with Crippen LogP contribution in [0.15, 0.2) is 52.6 Å². The molecule has 1 aliphatic rings. The normalized spacial score (nSPS) is 15.3. The van der Waals surface area contributed by atoms with Crippen LogP contribution in [0.3, 0.4) is 0 Å². The minimum absolute atomic E-state index is 0.210. The van der Waals surface area contributed by atoms with Crippen molar-refractivity contribution >= 4 is 45.5 Å². The van der Waals surface area contributed by atoms with Gasteiger partial charge in [0.05, 0.1) is 4.47 Å². The molecule has 3 rings (SSSR count). The molecule has 1 aliphatic heterocycles. The first kappa shape index (κ1) is 16.5. The lowest BCUT2D eigenvalue weighted by molar-refractivity contribution is -0.115. The number of urea groups is 1. The van der Waals surface area contributed by atoms with Crippen LogP contribution in [0.1, 0.15) is 11.1 Å². The van der Waals surface area contributed by atoms with E-state index in [2.05, 4.69) is 26.6 Å². The molecule has 0 radical (unpaired) electrons. The van der Waals surface area contributed by atoms with E-state index in [9.17, 15) is 9.59 Å². The van der Waals surface area contributed by atoms with Crippen molar-refractivity contribution in [3.8, 4) is 5.75 Å². The number of carbonyl (C=O) groups is 2. The summed E-state index contributed by atoms with van der Waals surface area (Å²) in [5.41, 5.74) is 1.97. The van der Waals surface area contributed by atoms with Crippen LogP contribution in [0.2, 0.25) is 5.02 Å². The van der Waals surface area contributed by atoms with Crippen LogP contribution in [0, 0.1) is 0 Å². The summed E-state index contributed by atoms with van der Waals surface area (Å²) in [6.07, 6.45) is 1.59. The highest BCUT2D eigenvalue weighted by Crippen LogP contribution is 2.28. The third kappa shape index (κ3) is 3.96. The van der Waals surface area contributed by atoms with E-state index >= 15 is 0 Å². The molecule has 7 heteroatoms. The Bertz CT molecular complexity index is 834. The number of amides is 3. The SMILES string of the molecule is O=C1NC(=O)C(=Cc2ccc(OCc3ccc(Cl)cc3)c(Br)c2)N1. The summed E-state index contributed by atoms with van der Waals surface area (Å²) in [5.74, 6) is 0.228. The fraction of sp³-hybridized carbons (Fsp3) is 0.0588. The molecule has 0 bridgehead atoms. The molecule has 2 aromatic carbocycles. The van der Waals surface area contributed by atoms with Gasteiger partial charge in [-0.1, -0.05) is 29.8 Å². The Labute approximate surface area is 151 Å². The Hall–Kier alpha value is -2.31. The summed E-state index contributed by atoms with van der Waals surface area (Å²) in [4.78, 5) is 22.6. The fourth-order valence-corrected chi connectivity index (χ4v) is 2.75. The summed E-state index contributed by atoms with van der Waals surface area (Å²) >= 11 is 9.30. The van der Waals surface area contributed by atoms with Crippen molar-refractivity contribution in [2.45, 2.75) is 6.61 Å². The summed E-state index contributed by atoms with van der Waals surface area (Å²) in [7, 11) is 0. The topological polar surface area (TPSA) is 67.4 Å². The molecule has 2 N–H and O–H groups in total. The molecule has 122 valence electrons. The number of carbonyl (C=O) groups excluding carboxylic acids is 2. The maximum atomic E-state index is 11.5. The second-order valence-electron chi connectivity index (χ2n) is 5.07. The van der Waals surface area contributed by atoms with Gasteiger partial charge in [-0.2, -0.15) is 0 Å². The molecule has 1 saturated heterocycles. The molecule has 2 aromatic rings. The number of hydrogen-bond donors (Lipinski definition) is 2. The number of hydrogen-bond acceptors (Lipinski definition) is 3. The molecular weight excluding hydrogens is 396 g/mol. The van der Waals surface area contributed by atoms with Crippen molar-refractivity contribution < 1.29 is 14.3 Å². The average molecular weight is 408 g/mol. The van der Waals surface area contributed by atoms with Gasteiger partial charge in [0, 0.05) is 5.02 Å². The fourth-order valence-electron chi connectivity index (χ4n) is 2.11. The van der Waals surface area contributed by atoms with Crippen LogP contribution in [0.5, 0.6) is 5.75 Å². The first-order valence-corrected chi connectivity index (χ1v) is 8.19. The lowest BCUT2D eigenvalue weighted by Gasteiger charge is -2.09. The van der Waals surface area contributed by atoms with E-state index < -0.39 is 11.9 Å². The number of benzene rings is 2. The molecular formula is C17H12BrClN2O3. The molecule has 0 saturated carbocycles. The lowest BCUT2D eigenvalue weighted by atomic mass is 10.2. The van der Waals surface area contributed by atoms with Crippen LogP contribution < -0.4 is 15.4 Å². The number of nitrogens with one attached hydrogen (secondary N) is 2. The number of ether oxygens (including phenoxy) is 1. The maximum Gasteiger partial charge on any atom is 0.326 e. The van der Waals surface area contributed by atoms with Gasteiger partial charge in [-0.15, -0.1) is 0 Å². The smallest absolute Gasteiger partial charge is 0.326 e. The van der Waals surface area contributed by atoms with Gasteiger partial charge in [0.15, 0.2) is 0 Å². The van der Waals surface area contributed by atoms with E-state index in [-0.39, 0.29) is 5.70 Å². The van der Waals surface area contributed by atoms with Crippen LogP contribution in [-0.4, -0.2) is 11.9 Å². The van der Waals surface area contributed by atoms with Gasteiger partial charge in [0.1, 0.15) is 18.1 Å². The molecule has 24 heavy (non-hydrogen) atoms. The standard InChI is InChI=1S/C17H12BrClN2O3/c18-13-7-11(8-14-16(22)21-17(23)20-14)3-6-15(13)24-9-10-1-4-12(19)5-2-10/h1-8H,9H2,(H2,20,21,22,23). The monoisotopic (exact) mass is 406 g/mol. The van der Waals surface area contributed by atoms with Crippen LogP contribution in [0.4, 0.5) is 4.79 Å². The average Bonchev–Trinajstić information content (AvgIpc) is 2.86. The first-order valence-electron chi connectivity index (χ1n) is 7.02. The molecule has 1 fully saturated rings. The zero-order valence-electron chi connectivity index (χ0n) is 12.3. The van der Waals surface area contributed by atoms with E-state index in [4.69, 9.17) is 16.3 Å². The molecule has 0 unspecified atom stereocenters. The molecule has 0 aliphatic carbocycles. The van der Waals surface area contributed by atoms with Gasteiger partial charge in [-0.05, 0) is 57.4 Å². The molecule has 5 nitrogen and oxygen atoms in total. The van der Waals surface area contributed by atoms with E-state index in [1.54, 1.807) is 18.2 Å². The second kappa shape index (κ2) is 7.07. The number of halogens is 2. The highest BCUT2D eigenvalue weighted by molar-refractivity contribution is 9.10. The molecule has 1 heterocycles. The lowest BCUT2D eigenvalue weighted by Crippen LogP contribution is -2.22. The highest BCUT2D eigenvalue weighted by Gasteiger charge is 2.22. The minimum atomic E-state index is -0.520. The summed E-state index contributed by atoms with van der Waals surface area (Å²) in [5, 5.41) is 5.27. The predicted molar refractivity (Wildman–Crippen MR) is 94.6 cm³/mol. The number of imide groups is 1. The van der Waals surface area contributed by atoms with Crippen molar-refractivity contribution in [3.05, 3.63) is 68.8 Å². The molecule has 0 atom stereocenters. The Balaban J connectivity index is 1.70. The van der Waals surface area contributed by atoms with Gasteiger partial charge in [-0.25, -0.2) is 4.79 Å². The zero-order valence-corrected chi connectivity index (χ0v) is 14.6. The van der Waals surface area contributed by atoms with Crippen molar-refractivity contribution in [2.24, 2.45) is 0 Å². The molecule has 0 spiro atoms. The van der Waals surface area contributed by atoms with Gasteiger partial charge in [0.2, 0.25) is 0 Å². The van der Waals surface area contributed by atoms with Crippen molar-refractivity contribution in [1.82, 2.24) is 10.6 Å². The Morgan fingerprint density at radius 3 is 2.46 bits per heavy atom. The van der Waals surface area contributed by atoms with E-state index in [0.29, 0.717) is 17.4 Å². The predicted octanol–water partition coefficient (Wildman–Crippen LogP) is 3.86. The summed E-state index contributed by atoms with van der Waals surface area (Å²) in [6, 6.07) is 12.3. The van der Waals surface area contributed by atoms with Crippen LogP contribution >= 0.6 is 27.5 Å². The molecule has 3 amide bonds. The molecule has 0 aromatic heterocycles. The Morgan fingerprint density at radius 1 is 1.08 bits per heavy atom. The summed E-state index contributed by atoms with van der Waals surface area (Å²) in [6.45, 7) is 0.411. The minimum Gasteiger partial charge on any atom is -0.488 e.